The van der Waals surface area contributed by atoms with E-state index in [9.17, 15) is 0 Å². The first kappa shape index (κ1) is 20.4. The molecule has 26 heavy (non-hydrogen) atoms. The lowest BCUT2D eigenvalue weighted by molar-refractivity contribution is 0.138. The highest BCUT2D eigenvalue weighted by molar-refractivity contribution is 5.79. The fraction of sp³-hybridized carbons (Fsp3) is 0.650. The Morgan fingerprint density at radius 2 is 1.81 bits per heavy atom. The number of benzene rings is 1. The molecule has 6 nitrogen and oxygen atoms in total. The average Bonchev–Trinajstić information content (AvgIpc) is 3.15. The van der Waals surface area contributed by atoms with Crippen LogP contribution >= 0.6 is 0 Å². The molecule has 0 radical (unpaired) electrons. The lowest BCUT2D eigenvalue weighted by atomic mass is 9.83. The van der Waals surface area contributed by atoms with E-state index in [1.54, 1.807) is 28.4 Å². The summed E-state index contributed by atoms with van der Waals surface area (Å²) in [6.07, 6.45) is 6.24. The lowest BCUT2D eigenvalue weighted by Crippen LogP contribution is -2.43. The smallest absolute Gasteiger partial charge is 0.191 e. The van der Waals surface area contributed by atoms with Gasteiger partial charge in [-0.15, -0.1) is 0 Å². The molecule has 2 rings (SSSR count). The fourth-order valence-corrected chi connectivity index (χ4v) is 3.63. The number of guanidine groups is 1. The van der Waals surface area contributed by atoms with Crippen LogP contribution in [0, 0.1) is 5.41 Å². The highest BCUT2D eigenvalue weighted by atomic mass is 16.5. The van der Waals surface area contributed by atoms with E-state index >= 15 is 0 Å². The van der Waals surface area contributed by atoms with Gasteiger partial charge in [-0.1, -0.05) is 18.9 Å². The van der Waals surface area contributed by atoms with Crippen LogP contribution in [-0.4, -0.2) is 47.5 Å². The first-order valence-corrected chi connectivity index (χ1v) is 9.31. The zero-order valence-corrected chi connectivity index (χ0v) is 16.6. The Hall–Kier alpha value is -1.95. The van der Waals surface area contributed by atoms with Crippen LogP contribution < -0.4 is 20.1 Å². The average molecular weight is 364 g/mol. The van der Waals surface area contributed by atoms with Crippen molar-refractivity contribution in [2.45, 2.75) is 38.6 Å². The predicted molar refractivity (Wildman–Crippen MR) is 105 cm³/mol. The molecule has 2 N–H and O–H groups in total. The lowest BCUT2D eigenvalue weighted by Gasteiger charge is -2.30. The number of aliphatic imine (C=N–C) groups is 1. The van der Waals surface area contributed by atoms with E-state index in [1.165, 1.54) is 25.7 Å². The molecule has 146 valence electrons. The maximum Gasteiger partial charge on any atom is 0.191 e. The zero-order valence-electron chi connectivity index (χ0n) is 16.6. The molecule has 0 spiro atoms. The van der Waals surface area contributed by atoms with Gasteiger partial charge in [0, 0.05) is 33.9 Å². The van der Waals surface area contributed by atoms with Gasteiger partial charge in [0.05, 0.1) is 14.2 Å². The van der Waals surface area contributed by atoms with Crippen molar-refractivity contribution in [3.63, 3.8) is 0 Å². The third-order valence-corrected chi connectivity index (χ3v) is 5.26. The second-order valence-corrected chi connectivity index (χ2v) is 6.92. The Labute approximate surface area is 157 Å². The van der Waals surface area contributed by atoms with Gasteiger partial charge in [0.15, 0.2) is 17.5 Å². The Balaban J connectivity index is 1.89. The number of ether oxygens (including phenoxy) is 3. The van der Waals surface area contributed by atoms with Crippen molar-refractivity contribution in [1.82, 2.24) is 10.6 Å². The van der Waals surface area contributed by atoms with Crippen LogP contribution in [0.2, 0.25) is 0 Å². The second-order valence-electron chi connectivity index (χ2n) is 6.92. The predicted octanol–water partition coefficient (Wildman–Crippen LogP) is 2.97. The maximum absolute atomic E-state index is 5.37. The molecular formula is C20H33N3O3. The van der Waals surface area contributed by atoms with Gasteiger partial charge in [-0.3, -0.25) is 4.99 Å². The molecule has 0 atom stereocenters. The molecule has 1 saturated carbocycles. The minimum atomic E-state index is 0.330. The van der Waals surface area contributed by atoms with Crippen LogP contribution in [-0.2, 0) is 11.3 Å². The van der Waals surface area contributed by atoms with E-state index in [4.69, 9.17) is 14.2 Å². The maximum atomic E-state index is 5.37. The zero-order chi connectivity index (χ0) is 18.8. The summed E-state index contributed by atoms with van der Waals surface area (Å²) in [5, 5.41) is 6.89. The van der Waals surface area contributed by atoms with Crippen molar-refractivity contribution in [2.75, 3.05) is 41.5 Å². The van der Waals surface area contributed by atoms with Gasteiger partial charge in [0.2, 0.25) is 0 Å². The molecule has 0 amide bonds. The van der Waals surface area contributed by atoms with Gasteiger partial charge in [0.25, 0.3) is 0 Å². The summed E-state index contributed by atoms with van der Waals surface area (Å²) in [4.78, 5) is 4.36. The summed E-state index contributed by atoms with van der Waals surface area (Å²) in [5.41, 5.74) is 1.44. The van der Waals surface area contributed by atoms with Crippen molar-refractivity contribution < 1.29 is 14.2 Å². The third kappa shape index (κ3) is 5.53. The minimum absolute atomic E-state index is 0.330. The molecule has 1 aliphatic rings. The Morgan fingerprint density at radius 1 is 1.08 bits per heavy atom. The Bertz CT molecular complexity index is 584. The molecule has 1 aromatic rings. The second kappa shape index (κ2) is 10.3. The first-order valence-electron chi connectivity index (χ1n) is 9.31. The molecule has 1 aliphatic carbocycles. The Kier molecular flexibility index (Phi) is 8.04. The SMILES string of the molecule is CN=C(NCc1ccc(OC)c(OC)c1)NCC1(CCOC)CCCC1. The van der Waals surface area contributed by atoms with E-state index < -0.39 is 0 Å². The van der Waals surface area contributed by atoms with Gasteiger partial charge < -0.3 is 24.8 Å². The van der Waals surface area contributed by atoms with Crippen LogP contribution in [0.1, 0.15) is 37.7 Å². The highest BCUT2D eigenvalue weighted by Gasteiger charge is 2.33. The molecular weight excluding hydrogens is 330 g/mol. The standard InChI is InChI=1S/C20H33N3O3/c1-21-19(23-15-20(11-12-24-2)9-5-6-10-20)22-14-16-7-8-17(25-3)18(13-16)26-4/h7-8,13H,5-6,9-12,14-15H2,1-4H3,(H2,21,22,23). The number of methoxy groups -OCH3 is 3. The van der Waals surface area contributed by atoms with E-state index in [2.05, 4.69) is 15.6 Å². The summed E-state index contributed by atoms with van der Waals surface area (Å²) in [6.45, 7) is 2.42. The molecule has 1 fully saturated rings. The molecule has 1 aromatic carbocycles. The van der Waals surface area contributed by atoms with Gasteiger partial charge in [-0.2, -0.15) is 0 Å². The number of hydrogen-bond acceptors (Lipinski definition) is 4. The topological polar surface area (TPSA) is 64.1 Å². The molecule has 0 aliphatic heterocycles. The Morgan fingerprint density at radius 3 is 2.42 bits per heavy atom. The van der Waals surface area contributed by atoms with Gasteiger partial charge in [0.1, 0.15) is 0 Å². The summed E-state index contributed by atoms with van der Waals surface area (Å²) in [6, 6.07) is 5.93. The number of rotatable bonds is 9. The van der Waals surface area contributed by atoms with Crippen LogP contribution in [0.4, 0.5) is 0 Å². The van der Waals surface area contributed by atoms with Crippen molar-refractivity contribution in [1.29, 1.82) is 0 Å². The van der Waals surface area contributed by atoms with Crippen LogP contribution in [0.3, 0.4) is 0 Å². The van der Waals surface area contributed by atoms with Crippen LogP contribution in [0.15, 0.2) is 23.2 Å². The third-order valence-electron chi connectivity index (χ3n) is 5.26. The molecule has 6 heteroatoms. The summed E-state index contributed by atoms with van der Waals surface area (Å²) >= 11 is 0. The van der Waals surface area contributed by atoms with E-state index in [0.717, 1.165) is 42.6 Å². The van der Waals surface area contributed by atoms with Crippen molar-refractivity contribution in [3.05, 3.63) is 23.8 Å². The minimum Gasteiger partial charge on any atom is -0.493 e. The molecule has 0 saturated heterocycles. The van der Waals surface area contributed by atoms with Gasteiger partial charge in [-0.25, -0.2) is 0 Å². The molecule has 0 heterocycles. The number of nitrogens with one attached hydrogen (secondary N) is 2. The monoisotopic (exact) mass is 363 g/mol. The van der Waals surface area contributed by atoms with Crippen LogP contribution in [0.25, 0.3) is 0 Å². The molecule has 0 bridgehead atoms. The summed E-state index contributed by atoms with van der Waals surface area (Å²) in [5.74, 6) is 2.29. The first-order chi connectivity index (χ1) is 12.7. The van der Waals surface area contributed by atoms with Crippen molar-refractivity contribution in [2.24, 2.45) is 10.4 Å². The van der Waals surface area contributed by atoms with Crippen molar-refractivity contribution >= 4 is 5.96 Å². The van der Waals surface area contributed by atoms with Gasteiger partial charge in [-0.05, 0) is 42.4 Å². The summed E-state index contributed by atoms with van der Waals surface area (Å²) < 4.78 is 16.0. The van der Waals surface area contributed by atoms with Crippen LogP contribution in [0.5, 0.6) is 11.5 Å². The number of hydrogen-bond donors (Lipinski definition) is 2. The number of nitrogens with zero attached hydrogens (tertiary/aromatic N) is 1. The van der Waals surface area contributed by atoms with E-state index in [-0.39, 0.29) is 0 Å². The normalized spacial score (nSPS) is 16.4. The highest BCUT2D eigenvalue weighted by Crippen LogP contribution is 2.40. The van der Waals surface area contributed by atoms with E-state index in [0.29, 0.717) is 12.0 Å². The largest absolute Gasteiger partial charge is 0.493 e. The summed E-state index contributed by atoms with van der Waals surface area (Å²) in [7, 11) is 6.88. The molecule has 0 aromatic heterocycles. The quantitative estimate of drug-likeness (QED) is 0.522. The van der Waals surface area contributed by atoms with Gasteiger partial charge >= 0.3 is 0 Å². The van der Waals surface area contributed by atoms with E-state index in [1.807, 2.05) is 18.2 Å². The molecule has 0 unspecified atom stereocenters. The van der Waals surface area contributed by atoms with Crippen molar-refractivity contribution in [3.8, 4) is 11.5 Å². The fourth-order valence-electron chi connectivity index (χ4n) is 3.63.